The standard InChI is InChI=1S/C12H17N7O/c1-13-10-15-11(18-7-4-9(8-18)20-2)17-12(16-10)19-6-3-5-14-19/h3,5-6,9H,4,7-8H2,1-2H3,(H,13,15,16,17). The Morgan fingerprint density at radius 1 is 1.30 bits per heavy atom. The van der Waals surface area contributed by atoms with Crippen molar-refractivity contribution in [2.45, 2.75) is 12.5 Å². The van der Waals surface area contributed by atoms with Gasteiger partial charge in [0.05, 0.1) is 6.10 Å². The van der Waals surface area contributed by atoms with Crippen molar-refractivity contribution in [1.29, 1.82) is 0 Å². The van der Waals surface area contributed by atoms with E-state index in [1.165, 1.54) is 0 Å². The molecule has 1 atom stereocenters. The topological polar surface area (TPSA) is 81.0 Å². The van der Waals surface area contributed by atoms with Gasteiger partial charge < -0.3 is 15.0 Å². The van der Waals surface area contributed by atoms with E-state index in [4.69, 9.17) is 4.74 Å². The zero-order chi connectivity index (χ0) is 13.9. The minimum atomic E-state index is 0.234. The molecular formula is C12H17N7O. The van der Waals surface area contributed by atoms with Crippen LogP contribution in [0.4, 0.5) is 11.9 Å². The quantitative estimate of drug-likeness (QED) is 0.860. The summed E-state index contributed by atoms with van der Waals surface area (Å²) in [5.41, 5.74) is 0. The maximum Gasteiger partial charge on any atom is 0.257 e. The lowest BCUT2D eigenvalue weighted by atomic mass is 10.3. The average Bonchev–Trinajstić information content (AvgIpc) is 3.17. The summed E-state index contributed by atoms with van der Waals surface area (Å²) in [5, 5.41) is 7.11. The van der Waals surface area contributed by atoms with E-state index in [2.05, 4.69) is 30.3 Å². The van der Waals surface area contributed by atoms with Crippen LogP contribution in [0, 0.1) is 0 Å². The SMILES string of the molecule is CNc1nc(N2CCC(OC)C2)nc(-n2cccn2)n1. The molecule has 1 fully saturated rings. The molecule has 0 radical (unpaired) electrons. The van der Waals surface area contributed by atoms with Gasteiger partial charge in [0.25, 0.3) is 5.95 Å². The van der Waals surface area contributed by atoms with E-state index in [-0.39, 0.29) is 6.10 Å². The number of nitrogens with zero attached hydrogens (tertiary/aromatic N) is 6. The second-order valence-electron chi connectivity index (χ2n) is 4.55. The third kappa shape index (κ3) is 2.42. The summed E-state index contributed by atoms with van der Waals surface area (Å²) in [6.07, 6.45) is 4.71. The van der Waals surface area contributed by atoms with Crippen LogP contribution in [0.2, 0.25) is 0 Å². The van der Waals surface area contributed by atoms with Gasteiger partial charge in [-0.05, 0) is 12.5 Å². The molecule has 8 nitrogen and oxygen atoms in total. The van der Waals surface area contributed by atoms with Crippen LogP contribution in [0.3, 0.4) is 0 Å². The summed E-state index contributed by atoms with van der Waals surface area (Å²) in [4.78, 5) is 15.3. The lowest BCUT2D eigenvalue weighted by molar-refractivity contribution is 0.121. The highest BCUT2D eigenvalue weighted by Crippen LogP contribution is 2.19. The summed E-state index contributed by atoms with van der Waals surface area (Å²) in [6, 6.07) is 1.83. The first-order chi connectivity index (χ1) is 9.80. The molecule has 0 bridgehead atoms. The van der Waals surface area contributed by atoms with E-state index in [0.717, 1.165) is 19.5 Å². The molecule has 2 aromatic rings. The van der Waals surface area contributed by atoms with Gasteiger partial charge in [-0.3, -0.25) is 0 Å². The van der Waals surface area contributed by atoms with Crippen molar-refractivity contribution in [3.8, 4) is 5.95 Å². The Morgan fingerprint density at radius 3 is 2.80 bits per heavy atom. The lowest BCUT2D eigenvalue weighted by Gasteiger charge is -2.17. The number of aromatic nitrogens is 5. The van der Waals surface area contributed by atoms with Gasteiger partial charge in [-0.1, -0.05) is 0 Å². The van der Waals surface area contributed by atoms with E-state index in [1.807, 2.05) is 6.07 Å². The molecule has 0 saturated carbocycles. The molecule has 1 aliphatic heterocycles. The summed E-state index contributed by atoms with van der Waals surface area (Å²) < 4.78 is 7.00. The Morgan fingerprint density at radius 2 is 2.15 bits per heavy atom. The van der Waals surface area contributed by atoms with E-state index in [9.17, 15) is 0 Å². The van der Waals surface area contributed by atoms with Gasteiger partial charge in [0.2, 0.25) is 11.9 Å². The highest BCUT2D eigenvalue weighted by atomic mass is 16.5. The van der Waals surface area contributed by atoms with Gasteiger partial charge in [0.1, 0.15) is 0 Å². The summed E-state index contributed by atoms with van der Waals surface area (Å²) in [7, 11) is 3.52. The van der Waals surface area contributed by atoms with Crippen molar-refractivity contribution in [1.82, 2.24) is 24.7 Å². The first-order valence-corrected chi connectivity index (χ1v) is 6.51. The van der Waals surface area contributed by atoms with Crippen molar-refractivity contribution in [3.63, 3.8) is 0 Å². The van der Waals surface area contributed by atoms with Crippen LogP contribution in [0.25, 0.3) is 5.95 Å². The highest BCUT2D eigenvalue weighted by molar-refractivity contribution is 5.40. The summed E-state index contributed by atoms with van der Waals surface area (Å²) in [6.45, 7) is 1.67. The van der Waals surface area contributed by atoms with Crippen LogP contribution < -0.4 is 10.2 Å². The molecule has 20 heavy (non-hydrogen) atoms. The van der Waals surface area contributed by atoms with Crippen LogP contribution in [0.15, 0.2) is 18.5 Å². The normalized spacial score (nSPS) is 18.5. The number of anilines is 2. The van der Waals surface area contributed by atoms with Crippen molar-refractivity contribution in [2.75, 3.05) is 37.5 Å². The third-order valence-corrected chi connectivity index (χ3v) is 3.31. The van der Waals surface area contributed by atoms with Crippen LogP contribution in [-0.2, 0) is 4.74 Å². The molecule has 3 heterocycles. The van der Waals surface area contributed by atoms with Crippen molar-refractivity contribution < 1.29 is 4.74 Å². The summed E-state index contributed by atoms with van der Waals surface area (Å²) >= 11 is 0. The molecule has 0 spiro atoms. The molecule has 1 aliphatic rings. The maximum atomic E-state index is 5.38. The Hall–Kier alpha value is -2.22. The molecule has 0 aliphatic carbocycles. The average molecular weight is 275 g/mol. The molecule has 1 unspecified atom stereocenters. The molecule has 1 N–H and O–H groups in total. The molecule has 106 valence electrons. The predicted molar refractivity (Wildman–Crippen MR) is 74.1 cm³/mol. The Balaban J connectivity index is 1.93. The van der Waals surface area contributed by atoms with Crippen LogP contribution >= 0.6 is 0 Å². The maximum absolute atomic E-state index is 5.38. The van der Waals surface area contributed by atoms with Gasteiger partial charge in [0, 0.05) is 39.6 Å². The number of methoxy groups -OCH3 is 1. The van der Waals surface area contributed by atoms with E-state index < -0.39 is 0 Å². The molecule has 3 rings (SSSR count). The second kappa shape index (κ2) is 5.41. The molecule has 1 saturated heterocycles. The monoisotopic (exact) mass is 275 g/mol. The summed E-state index contributed by atoms with van der Waals surface area (Å²) in [5.74, 6) is 1.68. The van der Waals surface area contributed by atoms with Crippen molar-refractivity contribution in [3.05, 3.63) is 18.5 Å². The van der Waals surface area contributed by atoms with Crippen molar-refractivity contribution >= 4 is 11.9 Å². The molecule has 8 heteroatoms. The fourth-order valence-corrected chi connectivity index (χ4v) is 2.20. The zero-order valence-corrected chi connectivity index (χ0v) is 11.5. The first-order valence-electron chi connectivity index (χ1n) is 6.51. The van der Waals surface area contributed by atoms with Gasteiger partial charge >= 0.3 is 0 Å². The second-order valence-corrected chi connectivity index (χ2v) is 4.55. The number of rotatable bonds is 4. The zero-order valence-electron chi connectivity index (χ0n) is 11.5. The first kappa shape index (κ1) is 12.8. The van der Waals surface area contributed by atoms with Gasteiger partial charge in [-0.15, -0.1) is 0 Å². The highest BCUT2D eigenvalue weighted by Gasteiger charge is 2.25. The fraction of sp³-hybridized carbons (Fsp3) is 0.500. The number of nitrogens with one attached hydrogen (secondary N) is 1. The molecule has 2 aromatic heterocycles. The molecular weight excluding hydrogens is 258 g/mol. The smallest absolute Gasteiger partial charge is 0.257 e. The Kier molecular flexibility index (Phi) is 3.46. The van der Waals surface area contributed by atoms with Crippen molar-refractivity contribution in [2.24, 2.45) is 0 Å². The van der Waals surface area contributed by atoms with E-state index >= 15 is 0 Å². The van der Waals surface area contributed by atoms with Crippen LogP contribution in [0.5, 0.6) is 0 Å². The Bertz CT molecular complexity index is 571. The minimum Gasteiger partial charge on any atom is -0.380 e. The largest absolute Gasteiger partial charge is 0.380 e. The van der Waals surface area contributed by atoms with Crippen LogP contribution in [-0.4, -0.2) is 58.1 Å². The Labute approximate surface area is 116 Å². The van der Waals surface area contributed by atoms with E-state index in [1.54, 1.807) is 31.2 Å². The van der Waals surface area contributed by atoms with Gasteiger partial charge in [-0.2, -0.15) is 20.1 Å². The number of hydrogen-bond donors (Lipinski definition) is 1. The third-order valence-electron chi connectivity index (χ3n) is 3.31. The van der Waals surface area contributed by atoms with E-state index in [0.29, 0.717) is 17.8 Å². The lowest BCUT2D eigenvalue weighted by Crippen LogP contribution is -2.25. The minimum absolute atomic E-state index is 0.234. The number of hydrogen-bond acceptors (Lipinski definition) is 7. The molecule has 0 amide bonds. The molecule has 0 aromatic carbocycles. The van der Waals surface area contributed by atoms with Gasteiger partial charge in [0.15, 0.2) is 0 Å². The fourth-order valence-electron chi connectivity index (χ4n) is 2.20. The number of ether oxygens (including phenoxy) is 1. The van der Waals surface area contributed by atoms with Crippen LogP contribution in [0.1, 0.15) is 6.42 Å². The predicted octanol–water partition coefficient (Wildman–Crippen LogP) is 0.324. The van der Waals surface area contributed by atoms with Gasteiger partial charge in [-0.25, -0.2) is 4.68 Å².